The molecule has 1 heterocycles. The first-order valence-corrected chi connectivity index (χ1v) is 4.70. The molecule has 0 spiro atoms. The molecule has 2 rings (SSSR count). The first-order valence-electron chi connectivity index (χ1n) is 4.70. The van der Waals surface area contributed by atoms with E-state index in [0.29, 0.717) is 5.56 Å². The topological polar surface area (TPSA) is 58.3 Å². The van der Waals surface area contributed by atoms with Gasteiger partial charge >= 0.3 is 0 Å². The smallest absolute Gasteiger partial charge is 0.146 e. The van der Waals surface area contributed by atoms with Gasteiger partial charge in [-0.15, -0.1) is 0 Å². The number of hydrogen-bond acceptors (Lipinski definition) is 3. The fourth-order valence-electron chi connectivity index (χ4n) is 1.86. The highest BCUT2D eigenvalue weighted by Crippen LogP contribution is 2.35. The van der Waals surface area contributed by atoms with Crippen LogP contribution in [-0.2, 0) is 0 Å². The second-order valence-electron chi connectivity index (χ2n) is 3.55. The van der Waals surface area contributed by atoms with E-state index >= 15 is 0 Å². The number of hydrogen-bond donors (Lipinski definition) is 3. The second kappa shape index (κ2) is 3.46. The van der Waals surface area contributed by atoms with E-state index < -0.39 is 5.82 Å². The predicted octanol–water partition coefficient (Wildman–Crippen LogP) is 1.54. The third-order valence-corrected chi connectivity index (χ3v) is 2.60. The van der Waals surface area contributed by atoms with Crippen molar-refractivity contribution in [3.63, 3.8) is 0 Å². The van der Waals surface area contributed by atoms with Crippen LogP contribution >= 0.6 is 0 Å². The Morgan fingerprint density at radius 2 is 2.29 bits per heavy atom. The van der Waals surface area contributed by atoms with Crippen LogP contribution in [0.2, 0.25) is 0 Å². The number of halogens is 1. The van der Waals surface area contributed by atoms with E-state index in [2.05, 4.69) is 5.32 Å². The molecule has 1 aliphatic heterocycles. The van der Waals surface area contributed by atoms with Crippen LogP contribution in [0.15, 0.2) is 12.1 Å². The number of anilines is 1. The number of benzene rings is 1. The SMILES string of the molecule is Nc1ccc(F)c(C2CCCN2)c1O. The zero-order chi connectivity index (χ0) is 10.1. The lowest BCUT2D eigenvalue weighted by Crippen LogP contribution is -2.14. The first kappa shape index (κ1) is 9.27. The average molecular weight is 196 g/mol. The average Bonchev–Trinajstić information content (AvgIpc) is 2.65. The third kappa shape index (κ3) is 1.42. The van der Waals surface area contributed by atoms with Crippen LogP contribution in [0.5, 0.6) is 5.75 Å². The van der Waals surface area contributed by atoms with E-state index in [9.17, 15) is 9.50 Å². The Hall–Kier alpha value is -1.29. The van der Waals surface area contributed by atoms with Crippen molar-refractivity contribution in [2.75, 3.05) is 12.3 Å². The first-order chi connectivity index (χ1) is 6.70. The van der Waals surface area contributed by atoms with Crippen LogP contribution in [0.1, 0.15) is 24.4 Å². The number of nitrogens with one attached hydrogen (secondary N) is 1. The highest BCUT2D eigenvalue weighted by atomic mass is 19.1. The molecule has 1 aromatic rings. The zero-order valence-electron chi connectivity index (χ0n) is 7.76. The molecular formula is C10H13FN2O. The molecule has 0 amide bonds. The van der Waals surface area contributed by atoms with Crippen LogP contribution in [0.4, 0.5) is 10.1 Å². The van der Waals surface area contributed by atoms with Gasteiger partial charge in [0, 0.05) is 11.6 Å². The summed E-state index contributed by atoms with van der Waals surface area (Å²) in [5.41, 5.74) is 6.05. The standard InChI is InChI=1S/C10H13FN2O/c11-6-3-4-7(12)10(14)9(6)8-2-1-5-13-8/h3-4,8,13-14H,1-2,5,12H2. The molecule has 14 heavy (non-hydrogen) atoms. The van der Waals surface area contributed by atoms with Crippen molar-refractivity contribution < 1.29 is 9.50 Å². The van der Waals surface area contributed by atoms with Crippen molar-refractivity contribution in [1.29, 1.82) is 0 Å². The number of aromatic hydroxyl groups is 1. The fourth-order valence-corrected chi connectivity index (χ4v) is 1.86. The molecule has 0 saturated carbocycles. The van der Waals surface area contributed by atoms with Gasteiger partial charge in [0.1, 0.15) is 11.6 Å². The molecule has 1 unspecified atom stereocenters. The summed E-state index contributed by atoms with van der Waals surface area (Å²) in [4.78, 5) is 0. The molecular weight excluding hydrogens is 183 g/mol. The van der Waals surface area contributed by atoms with Crippen LogP contribution < -0.4 is 11.1 Å². The molecule has 0 aromatic heterocycles. The fraction of sp³-hybridized carbons (Fsp3) is 0.400. The van der Waals surface area contributed by atoms with Gasteiger partial charge in [-0.1, -0.05) is 0 Å². The van der Waals surface area contributed by atoms with E-state index in [-0.39, 0.29) is 17.5 Å². The molecule has 0 radical (unpaired) electrons. The van der Waals surface area contributed by atoms with Crippen LogP contribution in [0.25, 0.3) is 0 Å². The van der Waals surface area contributed by atoms with E-state index in [1.54, 1.807) is 0 Å². The molecule has 1 fully saturated rings. The van der Waals surface area contributed by atoms with E-state index in [0.717, 1.165) is 19.4 Å². The van der Waals surface area contributed by atoms with Crippen LogP contribution in [0, 0.1) is 5.82 Å². The lowest BCUT2D eigenvalue weighted by atomic mass is 10.0. The molecule has 1 aromatic carbocycles. The normalized spacial score (nSPS) is 21.4. The van der Waals surface area contributed by atoms with Gasteiger partial charge in [0.05, 0.1) is 5.69 Å². The Bertz CT molecular complexity index is 348. The summed E-state index contributed by atoms with van der Waals surface area (Å²) in [6.07, 6.45) is 1.84. The van der Waals surface area contributed by atoms with Crippen molar-refractivity contribution in [2.45, 2.75) is 18.9 Å². The Morgan fingerprint density at radius 3 is 2.93 bits per heavy atom. The van der Waals surface area contributed by atoms with Gasteiger partial charge in [0.25, 0.3) is 0 Å². The molecule has 76 valence electrons. The number of phenols is 1. The minimum absolute atomic E-state index is 0.0986. The number of nitrogen functional groups attached to an aromatic ring is 1. The molecule has 0 aliphatic carbocycles. The number of phenolic OH excluding ortho intramolecular Hbond substituents is 1. The largest absolute Gasteiger partial charge is 0.505 e. The van der Waals surface area contributed by atoms with Gasteiger partial charge in [-0.2, -0.15) is 0 Å². The number of nitrogens with two attached hydrogens (primary N) is 1. The van der Waals surface area contributed by atoms with Crippen molar-refractivity contribution >= 4 is 5.69 Å². The summed E-state index contributed by atoms with van der Waals surface area (Å²) < 4.78 is 13.4. The summed E-state index contributed by atoms with van der Waals surface area (Å²) in [6, 6.07) is 2.58. The van der Waals surface area contributed by atoms with Crippen molar-refractivity contribution in [2.24, 2.45) is 0 Å². The highest BCUT2D eigenvalue weighted by Gasteiger charge is 2.23. The van der Waals surface area contributed by atoms with E-state index in [4.69, 9.17) is 5.73 Å². The zero-order valence-corrected chi connectivity index (χ0v) is 7.76. The van der Waals surface area contributed by atoms with Gasteiger partial charge in [0.15, 0.2) is 0 Å². The maximum atomic E-state index is 13.4. The Balaban J connectivity index is 2.44. The van der Waals surface area contributed by atoms with Crippen molar-refractivity contribution in [3.05, 3.63) is 23.5 Å². The Labute approximate surface area is 81.7 Å². The summed E-state index contributed by atoms with van der Waals surface area (Å²) in [6.45, 7) is 0.859. The maximum absolute atomic E-state index is 13.4. The predicted molar refractivity (Wildman–Crippen MR) is 52.5 cm³/mol. The Kier molecular flexibility index (Phi) is 2.29. The quantitative estimate of drug-likeness (QED) is 0.471. The van der Waals surface area contributed by atoms with E-state index in [1.807, 2.05) is 0 Å². The minimum atomic E-state index is -0.392. The highest BCUT2D eigenvalue weighted by molar-refractivity contribution is 5.57. The van der Waals surface area contributed by atoms with Gasteiger partial charge < -0.3 is 16.2 Å². The Morgan fingerprint density at radius 1 is 1.50 bits per heavy atom. The summed E-state index contributed by atoms with van der Waals surface area (Å²) in [5.74, 6) is -0.513. The van der Waals surface area contributed by atoms with Crippen LogP contribution in [-0.4, -0.2) is 11.7 Å². The second-order valence-corrected chi connectivity index (χ2v) is 3.55. The van der Waals surface area contributed by atoms with Crippen molar-refractivity contribution in [3.8, 4) is 5.75 Å². The van der Waals surface area contributed by atoms with Crippen LogP contribution in [0.3, 0.4) is 0 Å². The summed E-state index contributed by atoms with van der Waals surface area (Å²) >= 11 is 0. The summed E-state index contributed by atoms with van der Waals surface area (Å²) in [5, 5.41) is 12.8. The maximum Gasteiger partial charge on any atom is 0.146 e. The molecule has 1 atom stereocenters. The number of rotatable bonds is 1. The molecule has 4 heteroatoms. The van der Waals surface area contributed by atoms with Crippen molar-refractivity contribution in [1.82, 2.24) is 5.32 Å². The lowest BCUT2D eigenvalue weighted by molar-refractivity contribution is 0.445. The van der Waals surface area contributed by atoms with Gasteiger partial charge in [-0.3, -0.25) is 0 Å². The molecule has 4 N–H and O–H groups in total. The monoisotopic (exact) mass is 196 g/mol. The third-order valence-electron chi connectivity index (χ3n) is 2.60. The summed E-state index contributed by atoms with van der Waals surface area (Å²) in [7, 11) is 0. The molecule has 1 aliphatic rings. The van der Waals surface area contributed by atoms with Gasteiger partial charge in [-0.25, -0.2) is 4.39 Å². The lowest BCUT2D eigenvalue weighted by Gasteiger charge is -2.14. The molecule has 1 saturated heterocycles. The molecule has 3 nitrogen and oxygen atoms in total. The van der Waals surface area contributed by atoms with Gasteiger partial charge in [-0.05, 0) is 31.5 Å². The van der Waals surface area contributed by atoms with E-state index in [1.165, 1.54) is 12.1 Å². The molecule has 0 bridgehead atoms. The minimum Gasteiger partial charge on any atom is -0.505 e. The van der Waals surface area contributed by atoms with Gasteiger partial charge in [0.2, 0.25) is 0 Å².